The van der Waals surface area contributed by atoms with E-state index in [1.165, 1.54) is 0 Å². The summed E-state index contributed by atoms with van der Waals surface area (Å²) in [7, 11) is 0. The van der Waals surface area contributed by atoms with Gasteiger partial charge < -0.3 is 29.1 Å². The summed E-state index contributed by atoms with van der Waals surface area (Å²) < 4.78 is 12.8. The minimum atomic E-state index is -1.10. The van der Waals surface area contributed by atoms with Gasteiger partial charge in [0.2, 0.25) is 5.91 Å². The van der Waals surface area contributed by atoms with Crippen molar-refractivity contribution in [2.24, 2.45) is 5.92 Å². The molecule has 10 heteroatoms. The van der Waals surface area contributed by atoms with Gasteiger partial charge in [-0.25, -0.2) is 4.79 Å². The highest BCUT2D eigenvalue weighted by Crippen LogP contribution is 2.30. The second kappa shape index (κ2) is 14.2. The quantitative estimate of drug-likeness (QED) is 0.345. The maximum Gasteiger partial charge on any atom is 0.410 e. The number of amides is 3. The number of benzene rings is 2. The number of piperazine rings is 1. The predicted molar refractivity (Wildman–Crippen MR) is 176 cm³/mol. The normalized spacial score (nSPS) is 17.7. The molecule has 0 radical (unpaired) electrons. The van der Waals surface area contributed by atoms with Gasteiger partial charge >= 0.3 is 6.09 Å². The molecule has 44 heavy (non-hydrogen) atoms. The molecule has 0 N–H and O–H groups in total. The van der Waals surface area contributed by atoms with Gasteiger partial charge in [-0.3, -0.25) is 9.59 Å². The van der Waals surface area contributed by atoms with Crippen molar-refractivity contribution in [3.8, 4) is 5.75 Å². The molecule has 1 atom stereocenters. The molecule has 2 heterocycles. The Balaban J connectivity index is 1.35. The van der Waals surface area contributed by atoms with Gasteiger partial charge in [-0.05, 0) is 84.2 Å². The van der Waals surface area contributed by atoms with Crippen molar-refractivity contribution in [3.05, 3.63) is 58.6 Å². The predicted octanol–water partition coefficient (Wildman–Crippen LogP) is 5.95. The summed E-state index contributed by atoms with van der Waals surface area (Å²) in [5.41, 5.74) is 0.435. The molecular formula is C34H47BrN4O5. The van der Waals surface area contributed by atoms with Crippen LogP contribution in [0.3, 0.4) is 0 Å². The Labute approximate surface area is 270 Å². The molecular weight excluding hydrogens is 624 g/mol. The Bertz CT molecular complexity index is 1300. The first kappa shape index (κ1) is 33.6. The van der Waals surface area contributed by atoms with Crippen LogP contribution in [0, 0.1) is 5.92 Å². The van der Waals surface area contributed by atoms with E-state index in [9.17, 15) is 14.4 Å². The molecule has 0 unspecified atom stereocenters. The number of piperidine rings is 1. The van der Waals surface area contributed by atoms with E-state index in [1.54, 1.807) is 23.6 Å². The summed E-state index contributed by atoms with van der Waals surface area (Å²) in [5, 5.41) is 0. The summed E-state index contributed by atoms with van der Waals surface area (Å²) >= 11 is 3.48. The van der Waals surface area contributed by atoms with E-state index < -0.39 is 11.2 Å². The molecule has 2 fully saturated rings. The summed E-state index contributed by atoms with van der Waals surface area (Å²) in [5.74, 6) is 0.583. The van der Waals surface area contributed by atoms with Crippen LogP contribution in [-0.2, 0) is 20.9 Å². The van der Waals surface area contributed by atoms with Gasteiger partial charge in [-0.2, -0.15) is 0 Å². The van der Waals surface area contributed by atoms with Crippen molar-refractivity contribution in [2.45, 2.75) is 72.1 Å². The molecule has 0 saturated carbocycles. The summed E-state index contributed by atoms with van der Waals surface area (Å²) in [6.07, 6.45) is 1.44. The Hall–Kier alpha value is -3.27. The van der Waals surface area contributed by atoms with Gasteiger partial charge in [0.05, 0.1) is 5.92 Å². The lowest BCUT2D eigenvalue weighted by Gasteiger charge is -2.39. The number of hydrogen-bond acceptors (Lipinski definition) is 6. The zero-order chi connectivity index (χ0) is 32.1. The minimum Gasteiger partial charge on any atom is -0.478 e. The molecule has 2 aromatic carbocycles. The Morgan fingerprint density at radius 2 is 1.59 bits per heavy atom. The summed E-state index contributed by atoms with van der Waals surface area (Å²) in [6, 6.07) is 15.9. The van der Waals surface area contributed by atoms with E-state index in [0.29, 0.717) is 51.6 Å². The number of anilines is 1. The van der Waals surface area contributed by atoms with Gasteiger partial charge in [-0.15, -0.1) is 0 Å². The number of carbonyl (C=O) groups excluding carboxylic acids is 3. The number of halogens is 1. The SMILES string of the molecule is CCN(Cc1ccc(Br)cc1)C(=O)[C@@H]1CCCN(c2cccc(OC(C)(C)C(=O)N3CCN(C(=O)OC(C)(C)C)CC3)c2)C1. The van der Waals surface area contributed by atoms with Crippen LogP contribution in [0.25, 0.3) is 0 Å². The first-order valence-corrected chi connectivity index (χ1v) is 16.4. The fourth-order valence-electron chi connectivity index (χ4n) is 5.71. The molecule has 240 valence electrons. The third kappa shape index (κ3) is 8.89. The smallest absolute Gasteiger partial charge is 0.410 e. The fourth-order valence-corrected chi connectivity index (χ4v) is 5.97. The van der Waals surface area contributed by atoms with Crippen LogP contribution in [0.2, 0.25) is 0 Å². The van der Waals surface area contributed by atoms with Crippen molar-refractivity contribution >= 4 is 39.5 Å². The lowest BCUT2D eigenvalue weighted by atomic mass is 9.95. The Morgan fingerprint density at radius 1 is 0.932 bits per heavy atom. The Kier molecular flexibility index (Phi) is 10.9. The fraction of sp³-hybridized carbons (Fsp3) is 0.559. The van der Waals surface area contributed by atoms with Crippen LogP contribution < -0.4 is 9.64 Å². The average Bonchev–Trinajstić information content (AvgIpc) is 2.99. The van der Waals surface area contributed by atoms with Gasteiger partial charge in [0.1, 0.15) is 11.4 Å². The van der Waals surface area contributed by atoms with Crippen LogP contribution in [-0.4, -0.2) is 89.6 Å². The monoisotopic (exact) mass is 670 g/mol. The molecule has 9 nitrogen and oxygen atoms in total. The number of hydrogen-bond donors (Lipinski definition) is 0. The van der Waals surface area contributed by atoms with Crippen molar-refractivity contribution in [2.75, 3.05) is 50.7 Å². The standard InChI is InChI=1S/C34H47BrN4O5/c1-7-36(23-25-13-15-27(35)16-14-25)30(40)26-10-9-17-39(24-26)28-11-8-12-29(22-28)43-34(5,6)31(41)37-18-20-38(21-19-37)32(42)44-33(2,3)4/h8,11-16,22,26H,7,9-10,17-21,23-24H2,1-6H3/t26-/m1/s1. The number of nitrogens with zero attached hydrogens (tertiary/aromatic N) is 4. The van der Waals surface area contributed by atoms with Crippen LogP contribution >= 0.6 is 15.9 Å². The molecule has 2 aliphatic rings. The zero-order valence-electron chi connectivity index (χ0n) is 27.0. The maximum atomic E-state index is 13.6. The van der Waals surface area contributed by atoms with E-state index in [0.717, 1.165) is 35.1 Å². The second-order valence-corrected chi connectivity index (χ2v) is 14.0. The van der Waals surface area contributed by atoms with Crippen LogP contribution in [0.5, 0.6) is 5.75 Å². The number of ether oxygens (including phenoxy) is 2. The van der Waals surface area contributed by atoms with E-state index >= 15 is 0 Å². The highest BCUT2D eigenvalue weighted by Gasteiger charge is 2.37. The molecule has 0 spiro atoms. The molecule has 2 aliphatic heterocycles. The van der Waals surface area contributed by atoms with Gasteiger partial charge in [-0.1, -0.05) is 34.1 Å². The summed E-state index contributed by atoms with van der Waals surface area (Å²) in [6.45, 7) is 15.6. The lowest BCUT2D eigenvalue weighted by molar-refractivity contribution is -0.147. The first-order valence-electron chi connectivity index (χ1n) is 15.6. The topological polar surface area (TPSA) is 82.6 Å². The highest BCUT2D eigenvalue weighted by molar-refractivity contribution is 9.10. The third-order valence-corrected chi connectivity index (χ3v) is 8.57. The minimum absolute atomic E-state index is 0.0823. The van der Waals surface area contributed by atoms with Gasteiger partial charge in [0.25, 0.3) is 5.91 Å². The number of rotatable bonds is 8. The van der Waals surface area contributed by atoms with Crippen molar-refractivity contribution < 1.29 is 23.9 Å². The molecule has 4 rings (SSSR count). The maximum absolute atomic E-state index is 13.6. The van der Waals surface area contributed by atoms with Crippen molar-refractivity contribution in [1.29, 1.82) is 0 Å². The van der Waals surface area contributed by atoms with E-state index in [2.05, 4.69) is 33.0 Å². The molecule has 0 aliphatic carbocycles. The first-order chi connectivity index (χ1) is 20.8. The lowest BCUT2D eigenvalue weighted by Crippen LogP contribution is -2.57. The third-order valence-electron chi connectivity index (χ3n) is 8.04. The largest absolute Gasteiger partial charge is 0.478 e. The molecule has 0 bridgehead atoms. The molecule has 2 saturated heterocycles. The number of carbonyl (C=O) groups is 3. The Morgan fingerprint density at radius 3 is 2.23 bits per heavy atom. The zero-order valence-corrected chi connectivity index (χ0v) is 28.6. The van der Waals surface area contributed by atoms with Crippen molar-refractivity contribution in [1.82, 2.24) is 14.7 Å². The molecule has 3 amide bonds. The average molecular weight is 672 g/mol. The van der Waals surface area contributed by atoms with Crippen LogP contribution in [0.1, 0.15) is 59.9 Å². The van der Waals surface area contributed by atoms with Crippen LogP contribution in [0.15, 0.2) is 53.0 Å². The van der Waals surface area contributed by atoms with E-state index in [4.69, 9.17) is 9.47 Å². The summed E-state index contributed by atoms with van der Waals surface area (Å²) in [4.78, 5) is 47.1. The highest BCUT2D eigenvalue weighted by atomic mass is 79.9. The van der Waals surface area contributed by atoms with Gasteiger partial charge in [0, 0.05) is 68.6 Å². The van der Waals surface area contributed by atoms with Crippen LogP contribution in [0.4, 0.5) is 10.5 Å². The van der Waals surface area contributed by atoms with Crippen molar-refractivity contribution in [3.63, 3.8) is 0 Å². The van der Waals surface area contributed by atoms with E-state index in [1.807, 2.05) is 69.0 Å². The second-order valence-electron chi connectivity index (χ2n) is 13.1. The molecule has 0 aromatic heterocycles. The van der Waals surface area contributed by atoms with E-state index in [-0.39, 0.29) is 23.8 Å². The molecule has 2 aromatic rings. The van der Waals surface area contributed by atoms with Gasteiger partial charge in [0.15, 0.2) is 5.60 Å².